The van der Waals surface area contributed by atoms with Crippen molar-refractivity contribution < 1.29 is 13.6 Å². The summed E-state index contributed by atoms with van der Waals surface area (Å²) < 4.78 is 18.7. The van der Waals surface area contributed by atoms with Crippen molar-refractivity contribution in [2.75, 3.05) is 36.4 Å². The molecule has 2 N–H and O–H groups in total. The number of anilines is 2. The smallest absolute Gasteiger partial charge is 0.406 e. The molecule has 3 aromatic rings. The second-order valence-electron chi connectivity index (χ2n) is 7.00. The van der Waals surface area contributed by atoms with Gasteiger partial charge in [0, 0.05) is 37.4 Å². The lowest BCUT2D eigenvalue weighted by Gasteiger charge is -2.40. The van der Waals surface area contributed by atoms with Gasteiger partial charge >= 0.3 is 5.76 Å². The van der Waals surface area contributed by atoms with E-state index in [2.05, 4.69) is 25.1 Å². The zero-order valence-electron chi connectivity index (χ0n) is 15.6. The highest BCUT2D eigenvalue weighted by molar-refractivity contribution is 6.30. The standard InChI is InChI=1S/C19H19ClFN5O3/c1-11-9-26(13-2-3-14(20)15(21)7-13)5-4-25(11)10-17(27)23-12-6-16-18(22-8-12)24-19(28)29-16/h2-3,6-8,11H,4-5,9-10H2,1H3,(H,23,27)(H,22,24,28)/t11-/m1/s1. The molecule has 1 atom stereocenters. The summed E-state index contributed by atoms with van der Waals surface area (Å²) in [6.07, 6.45) is 1.46. The van der Waals surface area contributed by atoms with Crippen molar-refractivity contribution in [1.29, 1.82) is 0 Å². The molecule has 0 saturated carbocycles. The molecule has 1 aliphatic heterocycles. The van der Waals surface area contributed by atoms with Gasteiger partial charge in [-0.1, -0.05) is 11.6 Å². The number of oxazole rings is 1. The van der Waals surface area contributed by atoms with Crippen LogP contribution in [0.15, 0.2) is 39.7 Å². The van der Waals surface area contributed by atoms with Crippen LogP contribution in [0, 0.1) is 5.82 Å². The molecule has 152 valence electrons. The van der Waals surface area contributed by atoms with E-state index >= 15 is 0 Å². The summed E-state index contributed by atoms with van der Waals surface area (Å²) in [5.74, 6) is -1.23. The largest absolute Gasteiger partial charge is 0.418 e. The van der Waals surface area contributed by atoms with Gasteiger partial charge in [0.2, 0.25) is 5.91 Å². The predicted octanol–water partition coefficient (Wildman–Crippen LogP) is 2.46. The zero-order valence-corrected chi connectivity index (χ0v) is 16.4. The number of carbonyl (C=O) groups excluding carboxylic acids is 1. The second-order valence-corrected chi connectivity index (χ2v) is 7.40. The molecule has 29 heavy (non-hydrogen) atoms. The first-order valence-corrected chi connectivity index (χ1v) is 9.49. The quantitative estimate of drug-likeness (QED) is 0.674. The van der Waals surface area contributed by atoms with Gasteiger partial charge in [0.1, 0.15) is 5.82 Å². The Kier molecular flexibility index (Phi) is 5.25. The van der Waals surface area contributed by atoms with Gasteiger partial charge in [0.05, 0.1) is 23.5 Å². The van der Waals surface area contributed by atoms with E-state index in [0.29, 0.717) is 31.0 Å². The molecule has 0 aliphatic carbocycles. The van der Waals surface area contributed by atoms with E-state index in [1.807, 2.05) is 6.92 Å². The minimum absolute atomic E-state index is 0.0940. The second kappa shape index (κ2) is 7.84. The number of piperazine rings is 1. The topological polar surface area (TPSA) is 94.5 Å². The van der Waals surface area contributed by atoms with Crippen LogP contribution in [0.3, 0.4) is 0 Å². The van der Waals surface area contributed by atoms with Gasteiger partial charge in [-0.2, -0.15) is 0 Å². The molecule has 1 fully saturated rings. The number of fused-ring (bicyclic) bond motifs is 1. The Morgan fingerprint density at radius 2 is 2.24 bits per heavy atom. The third-order valence-electron chi connectivity index (χ3n) is 4.94. The van der Waals surface area contributed by atoms with Gasteiger partial charge in [0.15, 0.2) is 11.2 Å². The summed E-state index contributed by atoms with van der Waals surface area (Å²) in [5, 5.41) is 2.87. The number of pyridine rings is 1. The number of amides is 1. The van der Waals surface area contributed by atoms with E-state index < -0.39 is 11.6 Å². The van der Waals surface area contributed by atoms with E-state index in [-0.39, 0.29) is 29.1 Å². The Morgan fingerprint density at radius 1 is 1.41 bits per heavy atom. The van der Waals surface area contributed by atoms with E-state index in [1.165, 1.54) is 12.3 Å². The lowest BCUT2D eigenvalue weighted by molar-refractivity contribution is -0.117. The molecule has 1 aromatic carbocycles. The van der Waals surface area contributed by atoms with Crippen LogP contribution in [0.2, 0.25) is 5.02 Å². The molecule has 0 unspecified atom stereocenters. The normalized spacial score (nSPS) is 17.6. The monoisotopic (exact) mass is 419 g/mol. The van der Waals surface area contributed by atoms with E-state index in [9.17, 15) is 14.0 Å². The highest BCUT2D eigenvalue weighted by Crippen LogP contribution is 2.24. The fourth-order valence-electron chi connectivity index (χ4n) is 3.44. The Balaban J connectivity index is 1.36. The lowest BCUT2D eigenvalue weighted by atomic mass is 10.1. The molecule has 1 saturated heterocycles. The summed E-state index contributed by atoms with van der Waals surface area (Å²) >= 11 is 5.75. The number of aromatic nitrogens is 2. The number of hydrogen-bond acceptors (Lipinski definition) is 6. The first-order valence-electron chi connectivity index (χ1n) is 9.12. The number of nitrogens with zero attached hydrogens (tertiary/aromatic N) is 3. The number of halogens is 2. The van der Waals surface area contributed by atoms with Gasteiger partial charge in [-0.05, 0) is 25.1 Å². The number of aromatic amines is 1. The minimum atomic E-state index is -0.594. The fraction of sp³-hybridized carbons (Fsp3) is 0.316. The van der Waals surface area contributed by atoms with Gasteiger partial charge in [-0.3, -0.25) is 14.7 Å². The average Bonchev–Trinajstić information content (AvgIpc) is 3.05. The molecule has 1 amide bonds. The summed E-state index contributed by atoms with van der Waals surface area (Å²) in [5.41, 5.74) is 1.84. The van der Waals surface area contributed by atoms with Gasteiger partial charge < -0.3 is 14.6 Å². The molecular formula is C19H19ClFN5O3. The maximum atomic E-state index is 13.7. The van der Waals surface area contributed by atoms with E-state index in [0.717, 1.165) is 5.69 Å². The molecule has 0 spiro atoms. The molecule has 3 heterocycles. The molecule has 10 heteroatoms. The molecule has 0 radical (unpaired) electrons. The Labute approximate surface area is 170 Å². The number of hydrogen-bond donors (Lipinski definition) is 2. The van der Waals surface area contributed by atoms with Gasteiger partial charge in [-0.25, -0.2) is 14.2 Å². The number of nitrogens with one attached hydrogen (secondary N) is 2. The minimum Gasteiger partial charge on any atom is -0.406 e. The van der Waals surface area contributed by atoms with Gasteiger partial charge in [0.25, 0.3) is 0 Å². The van der Waals surface area contributed by atoms with Crippen molar-refractivity contribution in [3.8, 4) is 0 Å². The SMILES string of the molecule is C[C@@H]1CN(c2ccc(Cl)c(F)c2)CCN1CC(=O)Nc1cnc2[nH]c(=O)oc2c1. The number of carbonyl (C=O) groups is 1. The van der Waals surface area contributed by atoms with Crippen molar-refractivity contribution in [2.45, 2.75) is 13.0 Å². The molecule has 0 bridgehead atoms. The molecular weight excluding hydrogens is 401 g/mol. The van der Waals surface area contributed by atoms with Crippen LogP contribution < -0.4 is 16.0 Å². The maximum Gasteiger partial charge on any atom is 0.418 e. The van der Waals surface area contributed by atoms with Crippen molar-refractivity contribution in [3.05, 3.63) is 51.9 Å². The van der Waals surface area contributed by atoms with Crippen LogP contribution in [0.1, 0.15) is 6.92 Å². The summed E-state index contributed by atoms with van der Waals surface area (Å²) in [6, 6.07) is 6.42. The number of benzene rings is 1. The Hall–Kier alpha value is -2.91. The molecule has 4 rings (SSSR count). The fourth-order valence-corrected chi connectivity index (χ4v) is 3.56. The molecule has 2 aromatic heterocycles. The Morgan fingerprint density at radius 3 is 3.00 bits per heavy atom. The third kappa shape index (κ3) is 4.25. The summed E-state index contributed by atoms with van der Waals surface area (Å²) in [4.78, 5) is 34.3. The van der Waals surface area contributed by atoms with Crippen molar-refractivity contribution in [3.63, 3.8) is 0 Å². The summed E-state index contributed by atoms with van der Waals surface area (Å²) in [7, 11) is 0. The molecule has 8 nitrogen and oxygen atoms in total. The van der Waals surface area contributed by atoms with E-state index in [1.54, 1.807) is 18.2 Å². The highest BCUT2D eigenvalue weighted by Gasteiger charge is 2.26. The predicted molar refractivity (Wildman–Crippen MR) is 108 cm³/mol. The number of H-pyrrole nitrogens is 1. The van der Waals surface area contributed by atoms with E-state index in [4.69, 9.17) is 16.0 Å². The van der Waals surface area contributed by atoms with Crippen LogP contribution in [0.4, 0.5) is 15.8 Å². The third-order valence-corrected chi connectivity index (χ3v) is 5.25. The van der Waals surface area contributed by atoms with Gasteiger partial charge in [-0.15, -0.1) is 0 Å². The van der Waals surface area contributed by atoms with Crippen LogP contribution in [-0.4, -0.2) is 53.0 Å². The first-order chi connectivity index (χ1) is 13.9. The Bertz CT molecular complexity index is 1110. The van der Waals surface area contributed by atoms with Crippen molar-refractivity contribution in [2.24, 2.45) is 0 Å². The van der Waals surface area contributed by atoms with Crippen molar-refractivity contribution >= 4 is 40.1 Å². The zero-order chi connectivity index (χ0) is 20.5. The van der Waals surface area contributed by atoms with Crippen molar-refractivity contribution in [1.82, 2.24) is 14.9 Å². The van der Waals surface area contributed by atoms with Crippen LogP contribution in [0.25, 0.3) is 11.2 Å². The summed E-state index contributed by atoms with van der Waals surface area (Å²) in [6.45, 7) is 4.22. The van der Waals surface area contributed by atoms with Crippen LogP contribution in [0.5, 0.6) is 0 Å². The lowest BCUT2D eigenvalue weighted by Crippen LogP contribution is -2.53. The average molecular weight is 420 g/mol. The van der Waals surface area contributed by atoms with Crippen LogP contribution >= 0.6 is 11.6 Å². The van der Waals surface area contributed by atoms with Crippen LogP contribution in [-0.2, 0) is 4.79 Å². The highest BCUT2D eigenvalue weighted by atomic mass is 35.5. The maximum absolute atomic E-state index is 13.7. The number of rotatable bonds is 4. The first kappa shape index (κ1) is 19.4. The molecule has 1 aliphatic rings.